The molecule has 1 unspecified atom stereocenters. The number of hydrogen-bond donors (Lipinski definition) is 1. The number of carboxylic acid groups (broad SMARTS) is 1. The third-order valence-electron chi connectivity index (χ3n) is 6.50. The minimum Gasteiger partial charge on any atom is -0.491 e. The lowest BCUT2D eigenvalue weighted by atomic mass is 9.90. The maximum atomic E-state index is 14.9. The molecule has 0 saturated heterocycles. The van der Waals surface area contributed by atoms with Crippen LogP contribution in [0.1, 0.15) is 69.6 Å². The average molecular weight is 506 g/mol. The van der Waals surface area contributed by atoms with E-state index in [0.717, 1.165) is 36.0 Å². The van der Waals surface area contributed by atoms with Crippen molar-refractivity contribution in [2.24, 2.45) is 11.8 Å². The van der Waals surface area contributed by atoms with E-state index in [9.17, 15) is 14.3 Å². The zero-order valence-corrected chi connectivity index (χ0v) is 22.0. The molecule has 0 amide bonds. The Bertz CT molecular complexity index is 1240. The predicted octanol–water partition coefficient (Wildman–Crippen LogP) is 7.42. The van der Waals surface area contributed by atoms with E-state index in [0.29, 0.717) is 41.2 Å². The topological polar surface area (TPSA) is 68.7 Å². The summed E-state index contributed by atoms with van der Waals surface area (Å²) in [6, 6.07) is 14.7. The Morgan fingerprint density at radius 1 is 1.08 bits per heavy atom. The smallest absolute Gasteiger partial charge is 0.303 e. The molecule has 5 nitrogen and oxygen atoms in total. The lowest BCUT2D eigenvalue weighted by molar-refractivity contribution is -0.137. The van der Waals surface area contributed by atoms with Crippen molar-refractivity contribution >= 4 is 5.97 Å². The molecule has 1 heterocycles. The van der Waals surface area contributed by atoms with Gasteiger partial charge in [-0.1, -0.05) is 38.1 Å². The van der Waals surface area contributed by atoms with Crippen LogP contribution < -0.4 is 9.47 Å². The van der Waals surface area contributed by atoms with Gasteiger partial charge in [0.25, 0.3) is 0 Å². The van der Waals surface area contributed by atoms with Gasteiger partial charge in [0.2, 0.25) is 0 Å². The maximum Gasteiger partial charge on any atom is 0.303 e. The van der Waals surface area contributed by atoms with E-state index >= 15 is 0 Å². The molecule has 4 rings (SSSR count). The first-order chi connectivity index (χ1) is 17.7. The van der Waals surface area contributed by atoms with Gasteiger partial charge < -0.3 is 14.6 Å². The highest BCUT2D eigenvalue weighted by Crippen LogP contribution is 2.44. The molecule has 0 radical (unpaired) electrons. The lowest BCUT2D eigenvalue weighted by Gasteiger charge is -2.17. The molecule has 0 spiro atoms. The van der Waals surface area contributed by atoms with Crippen LogP contribution in [0.4, 0.5) is 4.39 Å². The van der Waals surface area contributed by atoms with E-state index in [-0.39, 0.29) is 24.3 Å². The predicted molar refractivity (Wildman–Crippen MR) is 142 cm³/mol. The number of hydrogen-bond acceptors (Lipinski definition) is 4. The Kier molecular flexibility index (Phi) is 8.47. The fourth-order valence-electron chi connectivity index (χ4n) is 4.76. The molecule has 1 aromatic heterocycles. The zero-order chi connectivity index (χ0) is 26.5. The molecule has 1 aliphatic rings. The highest BCUT2D eigenvalue weighted by Gasteiger charge is 2.33. The summed E-state index contributed by atoms with van der Waals surface area (Å²) >= 11 is 0. The molecule has 37 heavy (non-hydrogen) atoms. The summed E-state index contributed by atoms with van der Waals surface area (Å²) in [7, 11) is 0. The second-order valence-electron chi connectivity index (χ2n) is 10.7. The van der Waals surface area contributed by atoms with Crippen molar-refractivity contribution < 1.29 is 23.8 Å². The number of nitrogens with zero attached hydrogens (tertiary/aromatic N) is 1. The number of carbonyl (C=O) groups is 1. The van der Waals surface area contributed by atoms with Gasteiger partial charge in [-0.3, -0.25) is 9.78 Å². The first-order valence-electron chi connectivity index (χ1n) is 13.1. The highest BCUT2D eigenvalue weighted by atomic mass is 19.1. The number of ether oxygens (including phenoxy) is 2. The van der Waals surface area contributed by atoms with Crippen molar-refractivity contribution in [2.75, 3.05) is 0 Å². The van der Waals surface area contributed by atoms with Crippen LogP contribution in [0.2, 0.25) is 0 Å². The van der Waals surface area contributed by atoms with Crippen LogP contribution in [0.15, 0.2) is 54.7 Å². The zero-order valence-electron chi connectivity index (χ0n) is 22.0. The second kappa shape index (κ2) is 11.8. The minimum absolute atomic E-state index is 0.0145. The van der Waals surface area contributed by atoms with Gasteiger partial charge in [0.15, 0.2) is 0 Å². The summed E-state index contributed by atoms with van der Waals surface area (Å²) < 4.78 is 26.7. The van der Waals surface area contributed by atoms with Gasteiger partial charge in [0, 0.05) is 5.56 Å². The number of halogens is 1. The van der Waals surface area contributed by atoms with Crippen molar-refractivity contribution in [1.82, 2.24) is 4.98 Å². The Hall–Kier alpha value is -3.41. The standard InChI is InChI=1S/C31H36FNO4/c1-19(2)12-24-14-26(17-33-31(24)28-15-25(37-20(3)4)10-11-29(28)32)36-18-21-6-5-7-23(13-21)27(16-30(34)35)22-8-9-22/h5-7,10-11,13-15,17,19-20,22,27H,8-9,12,16,18H2,1-4H3,(H,34,35). The van der Waals surface area contributed by atoms with Crippen LogP contribution in [0.5, 0.6) is 11.5 Å². The Morgan fingerprint density at radius 3 is 2.54 bits per heavy atom. The summed E-state index contributed by atoms with van der Waals surface area (Å²) in [6.07, 6.45) is 4.67. The summed E-state index contributed by atoms with van der Waals surface area (Å²) in [5.74, 6) is 0.958. The molecule has 1 N–H and O–H groups in total. The molecular weight excluding hydrogens is 469 g/mol. The normalized spacial score (nSPS) is 14.1. The molecule has 2 aromatic carbocycles. The van der Waals surface area contributed by atoms with Crippen LogP contribution in [0.25, 0.3) is 11.3 Å². The fraction of sp³-hybridized carbons (Fsp3) is 0.419. The van der Waals surface area contributed by atoms with Crippen LogP contribution >= 0.6 is 0 Å². The van der Waals surface area contributed by atoms with Gasteiger partial charge in [0.05, 0.1) is 24.4 Å². The average Bonchev–Trinajstić information content (AvgIpc) is 3.67. The largest absolute Gasteiger partial charge is 0.491 e. The van der Waals surface area contributed by atoms with Crippen molar-refractivity contribution in [3.05, 3.63) is 77.2 Å². The van der Waals surface area contributed by atoms with E-state index in [1.807, 2.05) is 38.1 Å². The summed E-state index contributed by atoms with van der Waals surface area (Å²) in [6.45, 7) is 8.44. The van der Waals surface area contributed by atoms with Crippen LogP contribution in [-0.4, -0.2) is 22.2 Å². The molecule has 1 aliphatic carbocycles. The Morgan fingerprint density at radius 2 is 1.86 bits per heavy atom. The lowest BCUT2D eigenvalue weighted by Crippen LogP contribution is -2.09. The van der Waals surface area contributed by atoms with Crippen LogP contribution in [0, 0.1) is 17.7 Å². The summed E-state index contributed by atoms with van der Waals surface area (Å²) in [4.78, 5) is 16.0. The van der Waals surface area contributed by atoms with E-state index in [4.69, 9.17) is 9.47 Å². The van der Waals surface area contributed by atoms with E-state index in [1.165, 1.54) is 6.07 Å². The number of aromatic nitrogens is 1. The van der Waals surface area contributed by atoms with Gasteiger partial charge >= 0.3 is 5.97 Å². The van der Waals surface area contributed by atoms with Gasteiger partial charge in [-0.05, 0) is 91.8 Å². The highest BCUT2D eigenvalue weighted by molar-refractivity contribution is 5.68. The molecule has 1 saturated carbocycles. The molecule has 1 atom stereocenters. The first kappa shape index (κ1) is 26.6. The SMILES string of the molecule is CC(C)Cc1cc(OCc2cccc(C(CC(=O)O)C3CC3)c2)cnc1-c1cc(OC(C)C)ccc1F. The van der Waals surface area contributed by atoms with E-state index < -0.39 is 5.97 Å². The van der Waals surface area contributed by atoms with Crippen LogP contribution in [-0.2, 0) is 17.8 Å². The Labute approximate surface area is 218 Å². The third kappa shape index (κ3) is 7.31. The van der Waals surface area contributed by atoms with Gasteiger partial charge in [-0.25, -0.2) is 4.39 Å². The maximum absolute atomic E-state index is 14.9. The van der Waals surface area contributed by atoms with Crippen molar-refractivity contribution in [2.45, 2.75) is 72.0 Å². The summed E-state index contributed by atoms with van der Waals surface area (Å²) in [5, 5.41) is 9.34. The Balaban J connectivity index is 1.55. The van der Waals surface area contributed by atoms with E-state index in [2.05, 4.69) is 24.9 Å². The number of rotatable bonds is 12. The van der Waals surface area contributed by atoms with Crippen LogP contribution in [0.3, 0.4) is 0 Å². The molecule has 1 fully saturated rings. The molecule has 196 valence electrons. The van der Waals surface area contributed by atoms with E-state index in [1.54, 1.807) is 18.3 Å². The van der Waals surface area contributed by atoms with Gasteiger partial charge in [0.1, 0.15) is 23.9 Å². The van der Waals surface area contributed by atoms with Gasteiger partial charge in [-0.2, -0.15) is 0 Å². The molecule has 0 bridgehead atoms. The fourth-order valence-corrected chi connectivity index (χ4v) is 4.76. The number of aliphatic carboxylic acids is 1. The molecule has 3 aromatic rings. The van der Waals surface area contributed by atoms with Crippen molar-refractivity contribution in [1.29, 1.82) is 0 Å². The summed E-state index contributed by atoms with van der Waals surface area (Å²) in [5.41, 5.74) is 3.96. The third-order valence-corrected chi connectivity index (χ3v) is 6.50. The number of benzene rings is 2. The minimum atomic E-state index is -0.764. The monoisotopic (exact) mass is 505 g/mol. The molecular formula is C31H36FNO4. The molecule has 6 heteroatoms. The van der Waals surface area contributed by atoms with Crippen molar-refractivity contribution in [3.8, 4) is 22.8 Å². The number of pyridine rings is 1. The van der Waals surface area contributed by atoms with Crippen molar-refractivity contribution in [3.63, 3.8) is 0 Å². The second-order valence-corrected chi connectivity index (χ2v) is 10.7. The van der Waals surface area contributed by atoms with Gasteiger partial charge in [-0.15, -0.1) is 0 Å². The number of carboxylic acids is 1. The molecule has 0 aliphatic heterocycles. The quantitative estimate of drug-likeness (QED) is 0.277. The first-order valence-corrected chi connectivity index (χ1v) is 13.1.